The number of hydrogen-bond donors (Lipinski definition) is 1. The Morgan fingerprint density at radius 1 is 1.28 bits per heavy atom. The van der Waals surface area contributed by atoms with E-state index in [0.717, 1.165) is 11.1 Å². The van der Waals surface area contributed by atoms with Gasteiger partial charge in [-0.1, -0.05) is 17.7 Å². The van der Waals surface area contributed by atoms with E-state index in [1.807, 2.05) is 6.92 Å². The van der Waals surface area contributed by atoms with Crippen LogP contribution in [0.1, 0.15) is 22.7 Å². The van der Waals surface area contributed by atoms with E-state index in [9.17, 15) is 4.39 Å². The molecule has 1 atom stereocenters. The fourth-order valence-electron chi connectivity index (χ4n) is 1.80. The molecule has 0 saturated heterocycles. The molecule has 0 aliphatic rings. The highest BCUT2D eigenvalue weighted by atomic mass is 19.1. The van der Waals surface area contributed by atoms with Crippen LogP contribution in [-0.2, 0) is 0 Å². The molecule has 94 valence electrons. The number of nitrogens with zero attached hydrogens (tertiary/aromatic N) is 1. The zero-order chi connectivity index (χ0) is 13.1. The van der Waals surface area contributed by atoms with Gasteiger partial charge in [-0.05, 0) is 24.6 Å². The molecule has 0 amide bonds. The minimum atomic E-state index is -0.549. The molecule has 1 heterocycles. The summed E-state index contributed by atoms with van der Waals surface area (Å²) >= 11 is 0. The van der Waals surface area contributed by atoms with Gasteiger partial charge in [0.2, 0.25) is 0 Å². The van der Waals surface area contributed by atoms with Gasteiger partial charge in [0, 0.05) is 11.8 Å². The van der Waals surface area contributed by atoms with E-state index in [2.05, 4.69) is 4.98 Å². The molecule has 3 nitrogen and oxygen atoms in total. The summed E-state index contributed by atoms with van der Waals surface area (Å²) in [5, 5.41) is 0. The van der Waals surface area contributed by atoms with Crippen molar-refractivity contribution in [1.82, 2.24) is 4.98 Å². The van der Waals surface area contributed by atoms with Gasteiger partial charge in [0.1, 0.15) is 11.6 Å². The first-order valence-corrected chi connectivity index (χ1v) is 5.62. The standard InChI is InChI=1S/C14H15FN2O/c1-9-3-4-13(15)12(5-9)14(16)10-6-11(18-2)8-17-7-10/h3-8,14H,16H2,1-2H3. The fourth-order valence-corrected chi connectivity index (χ4v) is 1.80. The Morgan fingerprint density at radius 2 is 2.06 bits per heavy atom. The van der Waals surface area contributed by atoms with Crippen molar-refractivity contribution in [1.29, 1.82) is 0 Å². The molecule has 1 aromatic carbocycles. The van der Waals surface area contributed by atoms with Crippen LogP contribution >= 0.6 is 0 Å². The van der Waals surface area contributed by atoms with Crippen molar-refractivity contribution in [2.24, 2.45) is 5.73 Å². The molecule has 0 fully saturated rings. The van der Waals surface area contributed by atoms with Crippen LogP contribution < -0.4 is 10.5 Å². The maximum atomic E-state index is 13.8. The second kappa shape index (κ2) is 5.14. The number of aromatic nitrogens is 1. The molecule has 0 spiro atoms. The smallest absolute Gasteiger partial charge is 0.137 e. The molecule has 18 heavy (non-hydrogen) atoms. The Hall–Kier alpha value is -1.94. The molecule has 2 aromatic rings. The lowest BCUT2D eigenvalue weighted by Crippen LogP contribution is -2.14. The largest absolute Gasteiger partial charge is 0.495 e. The SMILES string of the molecule is COc1cncc(C(N)c2cc(C)ccc2F)c1. The Bertz CT molecular complexity index is 557. The maximum absolute atomic E-state index is 13.8. The molecule has 0 radical (unpaired) electrons. The molecule has 0 saturated carbocycles. The molecule has 4 heteroatoms. The highest BCUT2D eigenvalue weighted by Gasteiger charge is 2.14. The van der Waals surface area contributed by atoms with Gasteiger partial charge in [-0.3, -0.25) is 4.98 Å². The molecule has 1 unspecified atom stereocenters. The Morgan fingerprint density at radius 3 is 2.78 bits per heavy atom. The van der Waals surface area contributed by atoms with E-state index in [-0.39, 0.29) is 5.82 Å². The maximum Gasteiger partial charge on any atom is 0.137 e. The van der Waals surface area contributed by atoms with Gasteiger partial charge in [0.25, 0.3) is 0 Å². The molecule has 2 rings (SSSR count). The Balaban J connectivity index is 2.40. The van der Waals surface area contributed by atoms with Crippen molar-refractivity contribution >= 4 is 0 Å². The van der Waals surface area contributed by atoms with Crippen molar-refractivity contribution in [3.8, 4) is 5.75 Å². The zero-order valence-corrected chi connectivity index (χ0v) is 10.4. The normalized spacial score (nSPS) is 12.2. The van der Waals surface area contributed by atoms with Crippen molar-refractivity contribution in [2.75, 3.05) is 7.11 Å². The van der Waals surface area contributed by atoms with E-state index in [0.29, 0.717) is 11.3 Å². The number of nitrogens with two attached hydrogens (primary N) is 1. The number of halogens is 1. The summed E-state index contributed by atoms with van der Waals surface area (Å²) in [6, 6.07) is 6.11. The minimum absolute atomic E-state index is 0.309. The number of aryl methyl sites for hydroxylation is 1. The average molecular weight is 246 g/mol. The first-order valence-electron chi connectivity index (χ1n) is 5.62. The van der Waals surface area contributed by atoms with Crippen molar-refractivity contribution in [3.63, 3.8) is 0 Å². The summed E-state index contributed by atoms with van der Waals surface area (Å²) in [6.07, 6.45) is 3.21. The van der Waals surface area contributed by atoms with Gasteiger partial charge in [-0.2, -0.15) is 0 Å². The summed E-state index contributed by atoms with van der Waals surface area (Å²) in [4.78, 5) is 4.03. The van der Waals surface area contributed by atoms with Gasteiger partial charge in [-0.25, -0.2) is 4.39 Å². The van der Waals surface area contributed by atoms with Crippen LogP contribution in [0.4, 0.5) is 4.39 Å². The van der Waals surface area contributed by atoms with Gasteiger partial charge in [0.05, 0.1) is 19.3 Å². The van der Waals surface area contributed by atoms with Crippen LogP contribution in [0.15, 0.2) is 36.7 Å². The highest BCUT2D eigenvalue weighted by molar-refractivity contribution is 5.36. The molecule has 0 aliphatic carbocycles. The van der Waals surface area contributed by atoms with E-state index >= 15 is 0 Å². The predicted molar refractivity (Wildman–Crippen MR) is 68.0 cm³/mol. The Kier molecular flexibility index (Phi) is 3.58. The zero-order valence-electron chi connectivity index (χ0n) is 10.4. The van der Waals surface area contributed by atoms with Gasteiger partial charge >= 0.3 is 0 Å². The van der Waals surface area contributed by atoms with Crippen molar-refractivity contribution in [2.45, 2.75) is 13.0 Å². The Labute approximate surface area is 105 Å². The van der Waals surface area contributed by atoms with Crippen molar-refractivity contribution < 1.29 is 9.13 Å². The molecule has 0 bridgehead atoms. The predicted octanol–water partition coefficient (Wildman–Crippen LogP) is 2.59. The first-order chi connectivity index (χ1) is 8.61. The number of benzene rings is 1. The third kappa shape index (κ3) is 2.49. The van der Waals surface area contributed by atoms with Gasteiger partial charge in [0.15, 0.2) is 0 Å². The van der Waals surface area contributed by atoms with Crippen molar-refractivity contribution in [3.05, 3.63) is 59.2 Å². The van der Waals surface area contributed by atoms with Crippen LogP contribution in [-0.4, -0.2) is 12.1 Å². The summed E-state index contributed by atoms with van der Waals surface area (Å²) in [6.45, 7) is 1.90. The minimum Gasteiger partial charge on any atom is -0.495 e. The number of pyridine rings is 1. The van der Waals surface area contributed by atoms with Crippen LogP contribution in [0.5, 0.6) is 5.75 Å². The number of methoxy groups -OCH3 is 1. The molecule has 0 aliphatic heterocycles. The lowest BCUT2D eigenvalue weighted by atomic mass is 9.99. The summed E-state index contributed by atoms with van der Waals surface area (Å²) < 4.78 is 18.8. The van der Waals surface area contributed by atoms with E-state index in [4.69, 9.17) is 10.5 Å². The number of hydrogen-bond acceptors (Lipinski definition) is 3. The lowest BCUT2D eigenvalue weighted by molar-refractivity contribution is 0.412. The van der Waals surface area contributed by atoms with E-state index in [1.54, 1.807) is 37.7 Å². The summed E-state index contributed by atoms with van der Waals surface area (Å²) in [7, 11) is 1.56. The topological polar surface area (TPSA) is 48.1 Å². The van der Waals surface area contributed by atoms with Crippen LogP contribution in [0.25, 0.3) is 0 Å². The lowest BCUT2D eigenvalue weighted by Gasteiger charge is -2.14. The second-order valence-electron chi connectivity index (χ2n) is 4.16. The number of rotatable bonds is 3. The first kappa shape index (κ1) is 12.5. The molecule has 2 N–H and O–H groups in total. The monoisotopic (exact) mass is 246 g/mol. The molecule has 1 aromatic heterocycles. The van der Waals surface area contributed by atoms with Crippen LogP contribution in [0, 0.1) is 12.7 Å². The average Bonchev–Trinajstić information content (AvgIpc) is 2.41. The molecular formula is C14H15FN2O. The van der Waals surface area contributed by atoms with Gasteiger partial charge < -0.3 is 10.5 Å². The molecular weight excluding hydrogens is 231 g/mol. The summed E-state index contributed by atoms with van der Waals surface area (Å²) in [5.41, 5.74) is 8.23. The van der Waals surface area contributed by atoms with Crippen LogP contribution in [0.2, 0.25) is 0 Å². The van der Waals surface area contributed by atoms with E-state index in [1.165, 1.54) is 6.07 Å². The number of ether oxygens (including phenoxy) is 1. The highest BCUT2D eigenvalue weighted by Crippen LogP contribution is 2.24. The second-order valence-corrected chi connectivity index (χ2v) is 4.16. The third-order valence-corrected chi connectivity index (χ3v) is 2.82. The van der Waals surface area contributed by atoms with Gasteiger partial charge in [-0.15, -0.1) is 0 Å². The summed E-state index contributed by atoms with van der Waals surface area (Å²) in [5.74, 6) is 0.298. The van der Waals surface area contributed by atoms with E-state index < -0.39 is 6.04 Å². The van der Waals surface area contributed by atoms with Crippen LogP contribution in [0.3, 0.4) is 0 Å². The third-order valence-electron chi connectivity index (χ3n) is 2.82. The quantitative estimate of drug-likeness (QED) is 0.905. The fraction of sp³-hybridized carbons (Fsp3) is 0.214.